The number of amides is 1. The van der Waals surface area contributed by atoms with Crippen molar-refractivity contribution in [1.29, 1.82) is 0 Å². The first kappa shape index (κ1) is 16.9. The molecule has 2 fully saturated rings. The summed E-state index contributed by atoms with van der Waals surface area (Å²) >= 11 is 0. The maximum atomic E-state index is 11.2. The topological polar surface area (TPSA) is 56.8 Å². The van der Waals surface area contributed by atoms with Crippen molar-refractivity contribution in [1.82, 2.24) is 5.32 Å². The van der Waals surface area contributed by atoms with Crippen LogP contribution in [-0.4, -0.2) is 42.7 Å². The molecule has 0 saturated carbocycles. The largest absolute Gasteiger partial charge is 1.00 e. The number of carbonyl (C=O) groups is 1. The van der Waals surface area contributed by atoms with Gasteiger partial charge < -0.3 is 31.2 Å². The van der Waals surface area contributed by atoms with Crippen LogP contribution in [0.4, 0.5) is 0 Å². The summed E-state index contributed by atoms with van der Waals surface area (Å²) in [5.74, 6) is -0.636. The molecule has 0 aromatic rings. The molecule has 1 N–H and O–H groups in total. The number of hydrogen-bond acceptors (Lipinski definition) is 4. The van der Waals surface area contributed by atoms with E-state index < -0.39 is 5.79 Å². The molecule has 5 nitrogen and oxygen atoms in total. The van der Waals surface area contributed by atoms with Crippen LogP contribution in [0.15, 0.2) is 0 Å². The van der Waals surface area contributed by atoms with Crippen LogP contribution in [0.5, 0.6) is 0 Å². The fourth-order valence-electron chi connectivity index (χ4n) is 2.64. The van der Waals surface area contributed by atoms with Crippen molar-refractivity contribution in [3.8, 4) is 0 Å². The van der Waals surface area contributed by atoms with Crippen molar-refractivity contribution in [2.24, 2.45) is 5.92 Å². The van der Waals surface area contributed by atoms with Gasteiger partial charge in [-0.2, -0.15) is 0 Å². The van der Waals surface area contributed by atoms with E-state index >= 15 is 0 Å². The van der Waals surface area contributed by atoms with Gasteiger partial charge in [0.15, 0.2) is 5.79 Å². The van der Waals surface area contributed by atoms with Gasteiger partial charge in [-0.15, -0.1) is 0 Å². The van der Waals surface area contributed by atoms with Crippen LogP contribution in [0.3, 0.4) is 0 Å². The van der Waals surface area contributed by atoms with Gasteiger partial charge in [0.25, 0.3) is 0 Å². The number of hydrogen-bond donors (Lipinski definition) is 1. The Labute approximate surface area is 127 Å². The SMILES string of the molecule is [CH2-]C(=O)NC1C(C)C(C)OC1C1COC(C)(C)O1.[Ru+]. The van der Waals surface area contributed by atoms with E-state index in [1.807, 2.05) is 20.8 Å². The fraction of sp³-hybridized carbons (Fsp3) is 0.846. The van der Waals surface area contributed by atoms with E-state index in [4.69, 9.17) is 14.2 Å². The number of carbonyl (C=O) groups excluding carboxylic acids is 1. The first-order chi connectivity index (χ1) is 8.30. The number of ether oxygens (including phenoxy) is 3. The quantitative estimate of drug-likeness (QED) is 0.589. The second kappa shape index (κ2) is 6.08. The number of rotatable bonds is 2. The monoisotopic (exact) mass is 358 g/mol. The molecule has 1 radical (unpaired) electrons. The second-order valence-corrected chi connectivity index (χ2v) is 5.63. The van der Waals surface area contributed by atoms with Crippen LogP contribution in [-0.2, 0) is 38.5 Å². The number of nitrogens with one attached hydrogen (secondary N) is 1. The molecule has 0 aliphatic carbocycles. The average Bonchev–Trinajstić information content (AvgIpc) is 2.72. The van der Waals surface area contributed by atoms with Crippen molar-refractivity contribution in [2.45, 2.75) is 57.8 Å². The van der Waals surface area contributed by atoms with E-state index in [-0.39, 0.29) is 55.7 Å². The minimum absolute atomic E-state index is 0. The molecule has 5 unspecified atom stereocenters. The summed E-state index contributed by atoms with van der Waals surface area (Å²) in [5, 5.41) is 2.87. The first-order valence-corrected chi connectivity index (χ1v) is 6.40. The predicted molar refractivity (Wildman–Crippen MR) is 65.7 cm³/mol. The van der Waals surface area contributed by atoms with Gasteiger partial charge in [-0.05, 0) is 20.8 Å². The third kappa shape index (κ3) is 3.69. The normalized spacial score (nSPS) is 40.7. The molecule has 0 spiro atoms. The Hall–Kier alpha value is -0.157. The zero-order valence-corrected chi connectivity index (χ0v) is 13.5. The van der Waals surface area contributed by atoms with Gasteiger partial charge in [0.1, 0.15) is 12.2 Å². The Bertz CT molecular complexity index is 337. The van der Waals surface area contributed by atoms with Crippen LogP contribution in [0, 0.1) is 12.8 Å². The van der Waals surface area contributed by atoms with E-state index in [2.05, 4.69) is 19.2 Å². The third-order valence-corrected chi connectivity index (χ3v) is 3.76. The molecule has 6 heteroatoms. The molecule has 2 aliphatic heterocycles. The summed E-state index contributed by atoms with van der Waals surface area (Å²) in [5.41, 5.74) is 0. The molecule has 1 amide bonds. The smallest absolute Gasteiger partial charge is 0.375 e. The average molecular weight is 357 g/mol. The maximum Gasteiger partial charge on any atom is 1.00 e. The van der Waals surface area contributed by atoms with Crippen molar-refractivity contribution < 1.29 is 38.5 Å². The summed E-state index contributed by atoms with van der Waals surface area (Å²) in [4.78, 5) is 11.2. The molecule has 0 aromatic carbocycles. The van der Waals surface area contributed by atoms with E-state index in [1.165, 1.54) is 0 Å². The molecule has 2 saturated heterocycles. The summed E-state index contributed by atoms with van der Waals surface area (Å²) < 4.78 is 17.3. The summed E-state index contributed by atoms with van der Waals surface area (Å²) in [7, 11) is 0. The molecular weight excluding hydrogens is 335 g/mol. The minimum atomic E-state index is -0.581. The summed E-state index contributed by atoms with van der Waals surface area (Å²) in [6.45, 7) is 11.7. The zero-order valence-electron chi connectivity index (χ0n) is 11.8. The molecule has 2 aliphatic rings. The second-order valence-electron chi connectivity index (χ2n) is 5.63. The Kier molecular flexibility index (Phi) is 5.41. The molecule has 2 heterocycles. The van der Waals surface area contributed by atoms with Gasteiger partial charge in [0, 0.05) is 5.92 Å². The van der Waals surface area contributed by atoms with E-state index in [9.17, 15) is 4.79 Å². The molecular formula is C13H22NO4Ru. The summed E-state index contributed by atoms with van der Waals surface area (Å²) in [6, 6.07) is -0.0764. The maximum absolute atomic E-state index is 11.2. The van der Waals surface area contributed by atoms with Crippen LogP contribution in [0.25, 0.3) is 0 Å². The van der Waals surface area contributed by atoms with Crippen LogP contribution >= 0.6 is 0 Å². The van der Waals surface area contributed by atoms with Crippen molar-refractivity contribution in [3.63, 3.8) is 0 Å². The van der Waals surface area contributed by atoms with Crippen molar-refractivity contribution in [3.05, 3.63) is 6.92 Å². The van der Waals surface area contributed by atoms with Gasteiger partial charge in [-0.3, -0.25) is 0 Å². The summed E-state index contributed by atoms with van der Waals surface area (Å²) in [6.07, 6.45) is -0.245. The van der Waals surface area contributed by atoms with Crippen LogP contribution in [0.2, 0.25) is 0 Å². The zero-order chi connectivity index (χ0) is 13.5. The van der Waals surface area contributed by atoms with Crippen molar-refractivity contribution in [2.75, 3.05) is 6.61 Å². The van der Waals surface area contributed by atoms with Gasteiger partial charge in [0.2, 0.25) is 0 Å². The Morgan fingerprint density at radius 1 is 1.37 bits per heavy atom. The molecule has 0 aromatic heterocycles. The molecule has 111 valence electrons. The Morgan fingerprint density at radius 3 is 2.47 bits per heavy atom. The Balaban J connectivity index is 0.00000180. The minimum Gasteiger partial charge on any atom is -0.375 e. The molecule has 0 bridgehead atoms. The predicted octanol–water partition coefficient (Wildman–Crippen LogP) is 0.878. The van der Waals surface area contributed by atoms with E-state index in [1.54, 1.807) is 0 Å². The van der Waals surface area contributed by atoms with E-state index in [0.29, 0.717) is 6.61 Å². The van der Waals surface area contributed by atoms with Crippen molar-refractivity contribution >= 4 is 5.91 Å². The molecule has 2 rings (SSSR count). The first-order valence-electron chi connectivity index (χ1n) is 6.40. The van der Waals surface area contributed by atoms with Gasteiger partial charge >= 0.3 is 19.5 Å². The van der Waals surface area contributed by atoms with E-state index in [0.717, 1.165) is 0 Å². The third-order valence-electron chi connectivity index (χ3n) is 3.76. The van der Waals surface area contributed by atoms with Crippen LogP contribution < -0.4 is 5.32 Å². The fourth-order valence-corrected chi connectivity index (χ4v) is 2.64. The Morgan fingerprint density at radius 2 is 2.00 bits per heavy atom. The van der Waals surface area contributed by atoms with Gasteiger partial charge in [-0.1, -0.05) is 6.92 Å². The molecule has 19 heavy (non-hydrogen) atoms. The molecule has 5 atom stereocenters. The van der Waals surface area contributed by atoms with Gasteiger partial charge in [-0.25, -0.2) is 0 Å². The van der Waals surface area contributed by atoms with Gasteiger partial charge in [0.05, 0.1) is 24.7 Å². The standard InChI is InChI=1S/C13H22NO4.Ru/c1-7-8(2)17-12(11(7)14-9(3)15)10-6-16-13(4,5)18-10;/h7-8,10-12H,3,6H2,1-2,4-5H3,(H,14,15);/q-1;+1. The van der Waals surface area contributed by atoms with Crippen LogP contribution in [0.1, 0.15) is 27.7 Å².